The van der Waals surface area contributed by atoms with Gasteiger partial charge in [-0.15, -0.1) is 0 Å². The number of halogens is 2. The van der Waals surface area contributed by atoms with Crippen molar-refractivity contribution in [3.63, 3.8) is 0 Å². The Balaban J connectivity index is 2.21. The number of nitrogens with one attached hydrogen (secondary N) is 3. The zero-order valence-corrected chi connectivity index (χ0v) is 16.7. The Morgan fingerprint density at radius 1 is 1.10 bits per heavy atom. The van der Waals surface area contributed by atoms with E-state index in [4.69, 9.17) is 15.9 Å². The van der Waals surface area contributed by atoms with Gasteiger partial charge in [0.15, 0.2) is 6.10 Å². The standard InChI is InChI=1S/C21H24F2N4O3/c1-3-30-19(17-16(22)9-8-15(18(17)23)11-26-12(2)28)21(29)27-10-13-4-6-14(7-5-13)20(24)25/h4-9,19H,3,10-11H2,1-2H3,(H3,24,25)(H,26,28)(H,27,29)/t19-/m0/s1. The van der Waals surface area contributed by atoms with E-state index < -0.39 is 29.2 Å². The zero-order valence-electron chi connectivity index (χ0n) is 16.7. The van der Waals surface area contributed by atoms with Gasteiger partial charge in [-0.25, -0.2) is 8.78 Å². The van der Waals surface area contributed by atoms with Crippen LogP contribution in [0, 0.1) is 17.0 Å². The molecule has 1 atom stereocenters. The molecule has 0 saturated heterocycles. The van der Waals surface area contributed by atoms with Crippen LogP contribution in [0.1, 0.15) is 42.2 Å². The molecular weight excluding hydrogens is 394 g/mol. The van der Waals surface area contributed by atoms with Gasteiger partial charge in [-0.1, -0.05) is 30.3 Å². The first kappa shape index (κ1) is 23.0. The lowest BCUT2D eigenvalue weighted by atomic mass is 10.0. The van der Waals surface area contributed by atoms with Crippen LogP contribution in [-0.2, 0) is 27.4 Å². The van der Waals surface area contributed by atoms with Crippen LogP contribution in [0.3, 0.4) is 0 Å². The molecular formula is C21H24F2N4O3. The lowest BCUT2D eigenvalue weighted by Gasteiger charge is -2.20. The van der Waals surface area contributed by atoms with E-state index in [9.17, 15) is 18.4 Å². The Morgan fingerprint density at radius 3 is 2.33 bits per heavy atom. The number of amides is 2. The number of rotatable bonds is 9. The van der Waals surface area contributed by atoms with Gasteiger partial charge in [0.05, 0.1) is 5.56 Å². The molecule has 9 heteroatoms. The molecule has 7 nitrogen and oxygen atoms in total. The topological polar surface area (TPSA) is 117 Å². The summed E-state index contributed by atoms with van der Waals surface area (Å²) in [5, 5.41) is 12.4. The number of amidine groups is 1. The Morgan fingerprint density at radius 2 is 1.77 bits per heavy atom. The Bertz CT molecular complexity index is 933. The summed E-state index contributed by atoms with van der Waals surface area (Å²) in [5.41, 5.74) is 6.19. The summed E-state index contributed by atoms with van der Waals surface area (Å²) >= 11 is 0. The molecule has 0 fully saturated rings. The second-order valence-corrected chi connectivity index (χ2v) is 6.51. The second kappa shape index (κ2) is 10.4. The van der Waals surface area contributed by atoms with E-state index >= 15 is 0 Å². The summed E-state index contributed by atoms with van der Waals surface area (Å²) in [6.07, 6.45) is -1.50. The molecule has 2 amide bonds. The maximum atomic E-state index is 14.9. The van der Waals surface area contributed by atoms with Crippen LogP contribution < -0.4 is 16.4 Å². The van der Waals surface area contributed by atoms with E-state index in [2.05, 4.69) is 10.6 Å². The van der Waals surface area contributed by atoms with E-state index in [0.717, 1.165) is 6.07 Å². The fourth-order valence-corrected chi connectivity index (χ4v) is 2.75. The lowest BCUT2D eigenvalue weighted by Crippen LogP contribution is -2.32. The summed E-state index contributed by atoms with van der Waals surface area (Å²) in [5.74, 6) is -3.01. The van der Waals surface area contributed by atoms with Crippen LogP contribution >= 0.6 is 0 Å². The van der Waals surface area contributed by atoms with E-state index in [1.807, 2.05) is 0 Å². The largest absolute Gasteiger partial charge is 0.384 e. The summed E-state index contributed by atoms with van der Waals surface area (Å²) < 4.78 is 34.7. The Labute approximate surface area is 173 Å². The quantitative estimate of drug-likeness (QED) is 0.369. The van der Waals surface area contributed by atoms with Crippen molar-refractivity contribution in [1.82, 2.24) is 10.6 Å². The van der Waals surface area contributed by atoms with Crippen molar-refractivity contribution in [2.45, 2.75) is 33.0 Å². The first-order chi connectivity index (χ1) is 14.2. The third-order valence-electron chi connectivity index (χ3n) is 4.30. The predicted octanol–water partition coefficient (Wildman–Crippen LogP) is 2.28. The van der Waals surface area contributed by atoms with Gasteiger partial charge in [0.1, 0.15) is 17.5 Å². The van der Waals surface area contributed by atoms with Crippen LogP contribution in [0.25, 0.3) is 0 Å². The van der Waals surface area contributed by atoms with E-state index in [0.29, 0.717) is 11.1 Å². The van der Waals surface area contributed by atoms with Crippen LogP contribution in [-0.4, -0.2) is 24.3 Å². The highest BCUT2D eigenvalue weighted by Gasteiger charge is 2.29. The molecule has 0 aliphatic carbocycles. The Hall–Kier alpha value is -3.33. The Kier molecular flexibility index (Phi) is 7.99. The predicted molar refractivity (Wildman–Crippen MR) is 108 cm³/mol. The number of hydrogen-bond donors (Lipinski definition) is 4. The van der Waals surface area contributed by atoms with Crippen LogP contribution in [0.15, 0.2) is 36.4 Å². The number of benzene rings is 2. The molecule has 0 radical (unpaired) electrons. The molecule has 2 aromatic carbocycles. The van der Waals surface area contributed by atoms with Gasteiger partial charge in [0.25, 0.3) is 5.91 Å². The molecule has 160 valence electrons. The van der Waals surface area contributed by atoms with Crippen molar-refractivity contribution in [3.05, 3.63) is 70.3 Å². The smallest absolute Gasteiger partial charge is 0.254 e. The van der Waals surface area contributed by atoms with Crippen molar-refractivity contribution < 1.29 is 23.1 Å². The van der Waals surface area contributed by atoms with Gasteiger partial charge in [0, 0.05) is 37.7 Å². The van der Waals surface area contributed by atoms with Gasteiger partial charge in [-0.2, -0.15) is 0 Å². The van der Waals surface area contributed by atoms with Gasteiger partial charge >= 0.3 is 0 Å². The molecule has 0 saturated carbocycles. The van der Waals surface area contributed by atoms with Gasteiger partial charge < -0.3 is 21.1 Å². The molecule has 2 rings (SSSR count). The van der Waals surface area contributed by atoms with E-state index in [1.165, 1.54) is 13.0 Å². The van der Waals surface area contributed by atoms with E-state index in [-0.39, 0.29) is 37.0 Å². The molecule has 0 bridgehead atoms. The minimum absolute atomic E-state index is 0.0407. The van der Waals surface area contributed by atoms with Crippen LogP contribution in [0.2, 0.25) is 0 Å². The third-order valence-corrected chi connectivity index (χ3v) is 4.30. The molecule has 0 spiro atoms. The first-order valence-corrected chi connectivity index (χ1v) is 9.28. The minimum Gasteiger partial charge on any atom is -0.384 e. The normalized spacial score (nSPS) is 11.6. The summed E-state index contributed by atoms with van der Waals surface area (Å²) in [4.78, 5) is 23.8. The first-order valence-electron chi connectivity index (χ1n) is 9.28. The van der Waals surface area contributed by atoms with Crippen molar-refractivity contribution in [3.8, 4) is 0 Å². The number of nitrogens with two attached hydrogens (primary N) is 1. The van der Waals surface area contributed by atoms with Crippen molar-refractivity contribution in [1.29, 1.82) is 5.41 Å². The number of carbonyl (C=O) groups is 2. The fraction of sp³-hybridized carbons (Fsp3) is 0.286. The zero-order chi connectivity index (χ0) is 22.3. The second-order valence-electron chi connectivity index (χ2n) is 6.51. The van der Waals surface area contributed by atoms with Crippen molar-refractivity contribution in [2.75, 3.05) is 6.61 Å². The van der Waals surface area contributed by atoms with Gasteiger partial charge in [-0.3, -0.25) is 15.0 Å². The fourth-order valence-electron chi connectivity index (χ4n) is 2.75. The molecule has 0 aliphatic heterocycles. The van der Waals surface area contributed by atoms with Crippen LogP contribution in [0.5, 0.6) is 0 Å². The molecule has 0 heterocycles. The highest BCUT2D eigenvalue weighted by atomic mass is 19.1. The van der Waals surface area contributed by atoms with Gasteiger partial charge in [0.2, 0.25) is 5.91 Å². The third kappa shape index (κ3) is 5.84. The van der Waals surface area contributed by atoms with E-state index in [1.54, 1.807) is 31.2 Å². The molecule has 0 aromatic heterocycles. The van der Waals surface area contributed by atoms with Crippen molar-refractivity contribution >= 4 is 17.6 Å². The maximum absolute atomic E-state index is 14.9. The summed E-state index contributed by atoms with van der Waals surface area (Å²) in [6, 6.07) is 8.88. The summed E-state index contributed by atoms with van der Waals surface area (Å²) in [7, 11) is 0. The molecule has 30 heavy (non-hydrogen) atoms. The lowest BCUT2D eigenvalue weighted by molar-refractivity contribution is -0.133. The van der Waals surface area contributed by atoms with Crippen LogP contribution in [0.4, 0.5) is 8.78 Å². The van der Waals surface area contributed by atoms with Gasteiger partial charge in [-0.05, 0) is 18.6 Å². The minimum atomic E-state index is -1.50. The highest BCUT2D eigenvalue weighted by molar-refractivity contribution is 5.94. The number of nitrogen functional groups attached to an aromatic ring is 1. The molecule has 2 aromatic rings. The monoisotopic (exact) mass is 418 g/mol. The number of hydrogen-bond acceptors (Lipinski definition) is 4. The molecule has 0 aliphatic rings. The molecule has 0 unspecified atom stereocenters. The highest BCUT2D eigenvalue weighted by Crippen LogP contribution is 2.27. The number of carbonyl (C=O) groups excluding carboxylic acids is 2. The number of ether oxygens (including phenoxy) is 1. The summed E-state index contributed by atoms with van der Waals surface area (Å²) in [6.45, 7) is 2.90. The average molecular weight is 418 g/mol. The average Bonchev–Trinajstić information content (AvgIpc) is 2.71. The SMILES string of the molecule is CCO[C@H](C(=O)NCc1ccc(C(=N)N)cc1)c1c(F)ccc(CNC(C)=O)c1F. The van der Waals surface area contributed by atoms with Crippen molar-refractivity contribution in [2.24, 2.45) is 5.73 Å². The molecule has 5 N–H and O–H groups in total. The maximum Gasteiger partial charge on any atom is 0.254 e.